The van der Waals surface area contributed by atoms with Gasteiger partial charge in [0.2, 0.25) is 5.95 Å². The molecule has 1 heterocycles. The Balaban J connectivity index is 1.77. The number of rotatable bonds is 5. The van der Waals surface area contributed by atoms with E-state index in [1.165, 1.54) is 10.5 Å². The van der Waals surface area contributed by atoms with E-state index in [-0.39, 0.29) is 5.54 Å². The maximum absolute atomic E-state index is 4.47. The van der Waals surface area contributed by atoms with E-state index < -0.39 is 0 Å². The predicted octanol–water partition coefficient (Wildman–Crippen LogP) is 5.21. The summed E-state index contributed by atoms with van der Waals surface area (Å²) in [5, 5.41) is 3.42. The van der Waals surface area contributed by atoms with Gasteiger partial charge in [-0.05, 0) is 43.4 Å². The molecule has 24 heavy (non-hydrogen) atoms. The van der Waals surface area contributed by atoms with E-state index in [0.29, 0.717) is 5.95 Å². The molecular weight excluding hydrogens is 314 g/mol. The van der Waals surface area contributed by atoms with E-state index in [1.807, 2.05) is 30.6 Å². The Morgan fingerprint density at radius 3 is 2.04 bits per heavy atom. The predicted molar refractivity (Wildman–Crippen MR) is 102 cm³/mol. The molecule has 0 aliphatic carbocycles. The first-order valence-electron chi connectivity index (χ1n) is 7.89. The van der Waals surface area contributed by atoms with Gasteiger partial charge in [-0.3, -0.25) is 0 Å². The zero-order valence-corrected chi connectivity index (χ0v) is 15.0. The van der Waals surface area contributed by atoms with Crippen LogP contribution in [0.2, 0.25) is 0 Å². The van der Waals surface area contributed by atoms with Crippen LogP contribution in [0, 0.1) is 0 Å². The van der Waals surface area contributed by atoms with Crippen molar-refractivity contribution >= 4 is 17.7 Å². The number of benzene rings is 2. The molecule has 3 rings (SSSR count). The second kappa shape index (κ2) is 7.05. The third-order valence-corrected chi connectivity index (χ3v) is 4.74. The third kappa shape index (κ3) is 3.77. The Morgan fingerprint density at radius 1 is 0.833 bits per heavy atom. The van der Waals surface area contributed by atoms with Gasteiger partial charge in [0, 0.05) is 22.9 Å². The minimum absolute atomic E-state index is 0.245. The smallest absolute Gasteiger partial charge is 0.223 e. The summed E-state index contributed by atoms with van der Waals surface area (Å²) in [5.74, 6) is 0.633. The molecule has 0 fully saturated rings. The third-order valence-electron chi connectivity index (χ3n) is 3.99. The van der Waals surface area contributed by atoms with Crippen molar-refractivity contribution in [1.82, 2.24) is 9.97 Å². The van der Waals surface area contributed by atoms with E-state index in [9.17, 15) is 0 Å². The highest BCUT2D eigenvalue weighted by molar-refractivity contribution is 7.98. The largest absolute Gasteiger partial charge is 0.345 e. The van der Waals surface area contributed by atoms with E-state index in [4.69, 9.17) is 0 Å². The Labute approximate surface area is 147 Å². The lowest BCUT2D eigenvalue weighted by atomic mass is 9.94. The van der Waals surface area contributed by atoms with Crippen LogP contribution < -0.4 is 5.32 Å². The van der Waals surface area contributed by atoms with Crippen LogP contribution in [0.3, 0.4) is 0 Å². The Morgan fingerprint density at radius 2 is 1.46 bits per heavy atom. The van der Waals surface area contributed by atoms with Crippen molar-refractivity contribution in [2.75, 3.05) is 11.6 Å². The topological polar surface area (TPSA) is 37.8 Å². The van der Waals surface area contributed by atoms with Gasteiger partial charge in [0.15, 0.2) is 0 Å². The molecule has 0 saturated carbocycles. The van der Waals surface area contributed by atoms with Gasteiger partial charge in [0.25, 0.3) is 0 Å². The van der Waals surface area contributed by atoms with Crippen LogP contribution >= 0.6 is 11.8 Å². The normalized spacial score (nSPS) is 11.3. The molecule has 2 aromatic carbocycles. The first-order chi connectivity index (χ1) is 11.6. The summed E-state index contributed by atoms with van der Waals surface area (Å²) in [5.41, 5.74) is 3.10. The van der Waals surface area contributed by atoms with Gasteiger partial charge in [-0.25, -0.2) is 9.97 Å². The van der Waals surface area contributed by atoms with E-state index in [1.54, 1.807) is 11.8 Å². The van der Waals surface area contributed by atoms with Crippen molar-refractivity contribution in [3.63, 3.8) is 0 Å². The quantitative estimate of drug-likeness (QED) is 0.649. The van der Waals surface area contributed by atoms with Gasteiger partial charge in [0.1, 0.15) is 0 Å². The molecule has 0 amide bonds. The number of hydrogen-bond donors (Lipinski definition) is 1. The minimum atomic E-state index is -0.245. The lowest BCUT2D eigenvalue weighted by Gasteiger charge is -2.27. The molecule has 0 bridgehead atoms. The zero-order valence-electron chi connectivity index (χ0n) is 14.2. The van der Waals surface area contributed by atoms with Crippen LogP contribution in [0.5, 0.6) is 0 Å². The second-order valence-corrected chi connectivity index (χ2v) is 7.02. The summed E-state index contributed by atoms with van der Waals surface area (Å²) in [7, 11) is 0. The van der Waals surface area contributed by atoms with Gasteiger partial charge in [-0.15, -0.1) is 11.8 Å². The average Bonchev–Trinajstić information content (AvgIpc) is 2.63. The van der Waals surface area contributed by atoms with Crippen LogP contribution in [0.15, 0.2) is 71.9 Å². The maximum atomic E-state index is 4.47. The van der Waals surface area contributed by atoms with Gasteiger partial charge in [0.05, 0.1) is 5.54 Å². The molecule has 0 spiro atoms. The first-order valence-corrected chi connectivity index (χ1v) is 9.11. The second-order valence-electron chi connectivity index (χ2n) is 6.14. The molecule has 0 atom stereocenters. The number of hydrogen-bond acceptors (Lipinski definition) is 4. The summed E-state index contributed by atoms with van der Waals surface area (Å²) in [4.78, 5) is 10.2. The number of nitrogens with zero attached hydrogens (tertiary/aromatic N) is 2. The molecule has 1 aromatic heterocycles. The van der Waals surface area contributed by atoms with Crippen molar-refractivity contribution in [2.45, 2.75) is 24.3 Å². The van der Waals surface area contributed by atoms with E-state index in [2.05, 4.69) is 71.8 Å². The van der Waals surface area contributed by atoms with E-state index in [0.717, 1.165) is 11.1 Å². The van der Waals surface area contributed by atoms with Crippen molar-refractivity contribution in [3.8, 4) is 11.1 Å². The standard InChI is InChI=1S/C20H21N3S/c1-20(2,17-9-11-18(24-3)12-10-17)23-19-21-13-16(14-22-19)15-7-5-4-6-8-15/h4-14H,1-3H3,(H,21,22,23). The molecule has 0 aliphatic heterocycles. The molecule has 0 aliphatic rings. The van der Waals surface area contributed by atoms with E-state index >= 15 is 0 Å². The lowest BCUT2D eigenvalue weighted by Crippen LogP contribution is -2.28. The lowest BCUT2D eigenvalue weighted by molar-refractivity contribution is 0.601. The molecule has 0 unspecified atom stereocenters. The molecule has 0 radical (unpaired) electrons. The highest BCUT2D eigenvalue weighted by Gasteiger charge is 2.21. The van der Waals surface area contributed by atoms with Crippen molar-refractivity contribution < 1.29 is 0 Å². The maximum Gasteiger partial charge on any atom is 0.223 e. The number of aromatic nitrogens is 2. The summed E-state index contributed by atoms with van der Waals surface area (Å²) in [6.45, 7) is 4.27. The molecule has 122 valence electrons. The van der Waals surface area contributed by atoms with Crippen LogP contribution in [-0.4, -0.2) is 16.2 Å². The van der Waals surface area contributed by atoms with Crippen LogP contribution in [-0.2, 0) is 5.54 Å². The van der Waals surface area contributed by atoms with Crippen molar-refractivity contribution in [3.05, 3.63) is 72.6 Å². The Bertz CT molecular complexity index is 781. The fourth-order valence-corrected chi connectivity index (χ4v) is 2.94. The van der Waals surface area contributed by atoms with Crippen LogP contribution in [0.1, 0.15) is 19.4 Å². The van der Waals surface area contributed by atoms with Gasteiger partial charge in [-0.1, -0.05) is 42.5 Å². The first kappa shape index (κ1) is 16.5. The summed E-state index contributed by atoms with van der Waals surface area (Å²) < 4.78 is 0. The van der Waals surface area contributed by atoms with Crippen molar-refractivity contribution in [1.29, 1.82) is 0 Å². The number of anilines is 1. The minimum Gasteiger partial charge on any atom is -0.345 e. The molecule has 3 nitrogen and oxygen atoms in total. The van der Waals surface area contributed by atoms with Crippen molar-refractivity contribution in [2.24, 2.45) is 0 Å². The van der Waals surface area contributed by atoms with Gasteiger partial charge >= 0.3 is 0 Å². The number of thioether (sulfide) groups is 1. The fraction of sp³-hybridized carbons (Fsp3) is 0.200. The van der Waals surface area contributed by atoms with Gasteiger partial charge < -0.3 is 5.32 Å². The molecule has 1 N–H and O–H groups in total. The molecule has 3 aromatic rings. The van der Waals surface area contributed by atoms with Gasteiger partial charge in [-0.2, -0.15) is 0 Å². The van der Waals surface area contributed by atoms with Crippen LogP contribution in [0.4, 0.5) is 5.95 Å². The summed E-state index contributed by atoms with van der Waals surface area (Å²) >= 11 is 1.75. The van der Waals surface area contributed by atoms with Crippen LogP contribution in [0.25, 0.3) is 11.1 Å². The Kier molecular flexibility index (Phi) is 4.86. The highest BCUT2D eigenvalue weighted by Crippen LogP contribution is 2.26. The average molecular weight is 335 g/mol. The number of nitrogens with one attached hydrogen (secondary N) is 1. The molecule has 0 saturated heterocycles. The monoisotopic (exact) mass is 335 g/mol. The summed E-state index contributed by atoms with van der Waals surface area (Å²) in [6.07, 6.45) is 5.80. The molecule has 4 heteroatoms. The Hall–Kier alpha value is -2.33. The highest BCUT2D eigenvalue weighted by atomic mass is 32.2. The summed E-state index contributed by atoms with van der Waals surface area (Å²) in [6, 6.07) is 18.7. The molecular formula is C20H21N3S. The SMILES string of the molecule is CSc1ccc(C(C)(C)Nc2ncc(-c3ccccc3)cn2)cc1. The zero-order chi connectivity index (χ0) is 17.0. The fourth-order valence-electron chi connectivity index (χ4n) is 2.53.